The van der Waals surface area contributed by atoms with Crippen molar-refractivity contribution < 1.29 is 24.5 Å². The van der Waals surface area contributed by atoms with Gasteiger partial charge in [0.1, 0.15) is 0 Å². The summed E-state index contributed by atoms with van der Waals surface area (Å²) >= 11 is 0. The second-order valence-corrected chi connectivity index (χ2v) is 7.57. The van der Waals surface area contributed by atoms with Crippen molar-refractivity contribution >= 4 is 5.97 Å². The fourth-order valence-electron chi connectivity index (χ4n) is 3.73. The highest BCUT2D eigenvalue weighted by atomic mass is 16.7. The van der Waals surface area contributed by atoms with E-state index in [4.69, 9.17) is 14.6 Å². The van der Waals surface area contributed by atoms with Crippen molar-refractivity contribution in [2.45, 2.75) is 69.5 Å². The molecule has 1 aromatic carbocycles. The van der Waals surface area contributed by atoms with Crippen LogP contribution in [0.1, 0.15) is 44.1 Å². The van der Waals surface area contributed by atoms with Gasteiger partial charge in [-0.05, 0) is 37.7 Å². The van der Waals surface area contributed by atoms with Crippen molar-refractivity contribution in [3.63, 3.8) is 0 Å². The van der Waals surface area contributed by atoms with Crippen LogP contribution in [0.15, 0.2) is 54.6 Å². The average molecular weight is 386 g/mol. The van der Waals surface area contributed by atoms with E-state index in [9.17, 15) is 9.90 Å². The van der Waals surface area contributed by atoms with Crippen LogP contribution in [0, 0.1) is 5.92 Å². The van der Waals surface area contributed by atoms with Crippen LogP contribution in [-0.4, -0.2) is 40.8 Å². The van der Waals surface area contributed by atoms with E-state index in [2.05, 4.69) is 18.2 Å². The molecule has 1 aromatic rings. The number of hydrogen-bond donors (Lipinski definition) is 2. The normalized spacial score (nSPS) is 27.8. The highest BCUT2D eigenvalue weighted by molar-refractivity contribution is 5.66. The minimum absolute atomic E-state index is 0.0486. The highest BCUT2D eigenvalue weighted by Crippen LogP contribution is 2.40. The molecule has 0 spiro atoms. The third-order valence-corrected chi connectivity index (χ3v) is 5.39. The van der Waals surface area contributed by atoms with Gasteiger partial charge in [0.15, 0.2) is 6.29 Å². The maximum absolute atomic E-state index is 10.5. The second kappa shape index (κ2) is 10.6. The van der Waals surface area contributed by atoms with Crippen LogP contribution >= 0.6 is 0 Å². The average Bonchev–Trinajstić information content (AvgIpc) is 2.67. The summed E-state index contributed by atoms with van der Waals surface area (Å²) in [6.07, 6.45) is 12.5. The van der Waals surface area contributed by atoms with Gasteiger partial charge in [0.25, 0.3) is 0 Å². The van der Waals surface area contributed by atoms with Crippen molar-refractivity contribution in [3.05, 3.63) is 60.2 Å². The third kappa shape index (κ3) is 6.30. The molecule has 5 heteroatoms. The van der Waals surface area contributed by atoms with Gasteiger partial charge >= 0.3 is 5.97 Å². The SMILES string of the molecule is O=C(O)CCC/C=C\C[C@H]1[C@@H]2C[C@@H](O2)O[C@@H]1/C=C/[C@@H](O)CCc1ccccc1. The molecule has 5 nitrogen and oxygen atoms in total. The number of rotatable bonds is 11. The number of ether oxygens (including phenoxy) is 2. The van der Waals surface area contributed by atoms with Crippen molar-refractivity contribution in [1.29, 1.82) is 0 Å². The Kier molecular flexibility index (Phi) is 7.83. The molecule has 28 heavy (non-hydrogen) atoms. The van der Waals surface area contributed by atoms with E-state index < -0.39 is 12.1 Å². The molecule has 0 unspecified atom stereocenters. The second-order valence-electron chi connectivity index (χ2n) is 7.57. The summed E-state index contributed by atoms with van der Waals surface area (Å²) in [7, 11) is 0. The number of fused-ring (bicyclic) bond motifs is 2. The quantitative estimate of drug-likeness (QED) is 0.446. The van der Waals surface area contributed by atoms with Gasteiger partial charge in [0.05, 0.1) is 18.3 Å². The summed E-state index contributed by atoms with van der Waals surface area (Å²) in [5.74, 6) is -0.516. The van der Waals surface area contributed by atoms with E-state index in [0.717, 1.165) is 25.7 Å². The van der Waals surface area contributed by atoms with Crippen LogP contribution in [0.4, 0.5) is 0 Å². The number of carboxylic acid groups (broad SMARTS) is 1. The van der Waals surface area contributed by atoms with Crippen LogP contribution in [0.3, 0.4) is 0 Å². The number of unbranched alkanes of at least 4 members (excludes halogenated alkanes) is 1. The van der Waals surface area contributed by atoms with Crippen molar-refractivity contribution in [1.82, 2.24) is 0 Å². The van der Waals surface area contributed by atoms with Gasteiger partial charge in [-0.1, -0.05) is 54.6 Å². The lowest BCUT2D eigenvalue weighted by atomic mass is 9.84. The summed E-state index contributed by atoms with van der Waals surface area (Å²) in [6, 6.07) is 10.2. The first kappa shape index (κ1) is 20.8. The van der Waals surface area contributed by atoms with Gasteiger partial charge in [0, 0.05) is 18.8 Å². The first-order valence-corrected chi connectivity index (χ1v) is 10.2. The van der Waals surface area contributed by atoms with E-state index in [1.165, 1.54) is 5.56 Å². The standard InChI is InChI=1S/C23H30O5/c24-18(13-12-17-8-4-3-5-9-17)14-15-20-19(21-16-23(27-20)28-21)10-6-1-2-7-11-22(25)26/h1,3-6,8-9,14-15,18-21,23-24H,2,7,10-13,16H2,(H,25,26)/b6-1-,15-14+/t18-,19+,20+,21-,23+/m0/s1. The molecule has 3 fully saturated rings. The predicted octanol–water partition coefficient (Wildman–Crippen LogP) is 3.87. The molecule has 3 aliphatic rings. The summed E-state index contributed by atoms with van der Waals surface area (Å²) < 4.78 is 11.7. The molecule has 0 amide bonds. The van der Waals surface area contributed by atoms with Gasteiger partial charge in [-0.15, -0.1) is 0 Å². The van der Waals surface area contributed by atoms with Crippen LogP contribution < -0.4 is 0 Å². The van der Waals surface area contributed by atoms with E-state index in [-0.39, 0.29) is 30.8 Å². The third-order valence-electron chi connectivity index (χ3n) is 5.39. The number of carboxylic acids is 1. The van der Waals surface area contributed by atoms with E-state index in [0.29, 0.717) is 12.8 Å². The zero-order chi connectivity index (χ0) is 19.8. The maximum Gasteiger partial charge on any atom is 0.303 e. The molecule has 0 saturated carbocycles. The van der Waals surface area contributed by atoms with Crippen LogP contribution in [0.2, 0.25) is 0 Å². The number of aliphatic carboxylic acids is 1. The molecule has 3 aliphatic heterocycles. The molecule has 0 aliphatic carbocycles. The molecular weight excluding hydrogens is 356 g/mol. The molecule has 152 valence electrons. The van der Waals surface area contributed by atoms with E-state index >= 15 is 0 Å². The van der Waals surface area contributed by atoms with Gasteiger partial charge < -0.3 is 19.7 Å². The predicted molar refractivity (Wildman–Crippen MR) is 107 cm³/mol. The number of benzene rings is 1. The largest absolute Gasteiger partial charge is 0.481 e. The Labute approximate surface area is 166 Å². The monoisotopic (exact) mass is 386 g/mol. The lowest BCUT2D eigenvalue weighted by Crippen LogP contribution is -2.55. The molecule has 2 N–H and O–H groups in total. The van der Waals surface area contributed by atoms with Crippen LogP contribution in [-0.2, 0) is 20.7 Å². The number of hydrogen-bond acceptors (Lipinski definition) is 4. The van der Waals surface area contributed by atoms with Crippen molar-refractivity contribution in [3.8, 4) is 0 Å². The Morgan fingerprint density at radius 1 is 1.21 bits per heavy atom. The maximum atomic E-state index is 10.5. The molecule has 3 heterocycles. The molecular formula is C23H30O5. The molecule has 0 aromatic heterocycles. The summed E-state index contributed by atoms with van der Waals surface area (Å²) in [5, 5.41) is 19.0. The number of aryl methyl sites for hydroxylation is 1. The van der Waals surface area contributed by atoms with Crippen molar-refractivity contribution in [2.24, 2.45) is 5.92 Å². The first-order valence-electron chi connectivity index (χ1n) is 10.2. The fraction of sp³-hybridized carbons (Fsp3) is 0.522. The Morgan fingerprint density at radius 3 is 2.75 bits per heavy atom. The Morgan fingerprint density at radius 2 is 2.00 bits per heavy atom. The molecule has 3 saturated heterocycles. The van der Waals surface area contributed by atoms with Gasteiger partial charge in [0.2, 0.25) is 0 Å². The van der Waals surface area contributed by atoms with Crippen LogP contribution in [0.5, 0.6) is 0 Å². The topological polar surface area (TPSA) is 76.0 Å². The fourth-order valence-corrected chi connectivity index (χ4v) is 3.73. The molecule has 4 rings (SSSR count). The lowest BCUT2D eigenvalue weighted by molar-refractivity contribution is -0.337. The first-order chi connectivity index (χ1) is 13.6. The van der Waals surface area contributed by atoms with Crippen molar-refractivity contribution in [2.75, 3.05) is 0 Å². The molecule has 2 bridgehead atoms. The minimum atomic E-state index is -0.751. The Bertz CT molecular complexity index is 663. The highest BCUT2D eigenvalue weighted by Gasteiger charge is 2.46. The summed E-state index contributed by atoms with van der Waals surface area (Å²) in [6.45, 7) is 0. The Balaban J connectivity index is 1.44. The van der Waals surface area contributed by atoms with Gasteiger partial charge in [-0.3, -0.25) is 4.79 Å². The van der Waals surface area contributed by atoms with Gasteiger partial charge in [-0.25, -0.2) is 0 Å². The zero-order valence-corrected chi connectivity index (χ0v) is 16.2. The zero-order valence-electron chi connectivity index (χ0n) is 16.2. The minimum Gasteiger partial charge on any atom is -0.481 e. The lowest BCUT2D eigenvalue weighted by Gasteiger charge is -2.49. The summed E-state index contributed by atoms with van der Waals surface area (Å²) in [5.41, 5.74) is 1.23. The van der Waals surface area contributed by atoms with E-state index in [1.807, 2.05) is 36.4 Å². The summed E-state index contributed by atoms with van der Waals surface area (Å²) in [4.78, 5) is 10.5. The smallest absolute Gasteiger partial charge is 0.303 e. The van der Waals surface area contributed by atoms with Crippen LogP contribution in [0.25, 0.3) is 0 Å². The molecule has 0 radical (unpaired) electrons. The number of aliphatic hydroxyl groups excluding tert-OH is 1. The number of allylic oxidation sites excluding steroid dienone is 2. The molecule has 5 atom stereocenters. The Hall–Kier alpha value is -1.95. The number of carbonyl (C=O) groups is 1. The number of aliphatic hydroxyl groups is 1. The van der Waals surface area contributed by atoms with Gasteiger partial charge in [-0.2, -0.15) is 0 Å². The van der Waals surface area contributed by atoms with E-state index in [1.54, 1.807) is 0 Å².